The lowest BCUT2D eigenvalue weighted by molar-refractivity contribution is -0.157. The van der Waals surface area contributed by atoms with Gasteiger partial charge in [-0.15, -0.1) is 0 Å². The Labute approximate surface area is 129 Å². The molecule has 0 aliphatic carbocycles. The summed E-state index contributed by atoms with van der Waals surface area (Å²) in [6.45, 7) is 4.41. The van der Waals surface area contributed by atoms with Crippen molar-refractivity contribution in [3.8, 4) is 5.75 Å². The van der Waals surface area contributed by atoms with Crippen molar-refractivity contribution in [2.75, 3.05) is 19.8 Å². The molecule has 6 heteroatoms. The van der Waals surface area contributed by atoms with Gasteiger partial charge in [0.25, 0.3) is 0 Å². The zero-order valence-electron chi connectivity index (χ0n) is 12.7. The van der Waals surface area contributed by atoms with Gasteiger partial charge in [-0.3, -0.25) is 14.6 Å². The molecule has 0 atom stereocenters. The highest BCUT2D eigenvalue weighted by Gasteiger charge is 2.27. The molecule has 0 spiro atoms. The lowest BCUT2D eigenvalue weighted by Gasteiger charge is -2.10. The Kier molecular flexibility index (Phi) is 5.52. The highest BCUT2D eigenvalue weighted by Crippen LogP contribution is 2.29. The Morgan fingerprint density at radius 3 is 2.59 bits per heavy atom. The standard InChI is InChI=1S/C16H19NO5/c1-3-20-15(18)13(16(19)21-4-2)10-17-12-5-6-14-11(9-12)7-8-22-14/h5-6,9-10,13H,3-4,7-8H2,1-2H3. The number of carbonyl (C=O) groups excluding carboxylic acids is 2. The lowest BCUT2D eigenvalue weighted by Crippen LogP contribution is -2.29. The average molecular weight is 305 g/mol. The molecule has 0 radical (unpaired) electrons. The van der Waals surface area contributed by atoms with Gasteiger partial charge in [-0.2, -0.15) is 0 Å². The molecule has 118 valence electrons. The van der Waals surface area contributed by atoms with Crippen LogP contribution in [0.4, 0.5) is 5.69 Å². The predicted molar refractivity (Wildman–Crippen MR) is 80.5 cm³/mol. The number of carbonyl (C=O) groups is 2. The van der Waals surface area contributed by atoms with E-state index in [1.807, 2.05) is 12.1 Å². The summed E-state index contributed by atoms with van der Waals surface area (Å²) in [5, 5.41) is 0. The van der Waals surface area contributed by atoms with Crippen molar-refractivity contribution in [3.63, 3.8) is 0 Å². The third-order valence-corrected chi connectivity index (χ3v) is 3.13. The third-order valence-electron chi connectivity index (χ3n) is 3.13. The van der Waals surface area contributed by atoms with Gasteiger partial charge in [-0.1, -0.05) is 0 Å². The van der Waals surface area contributed by atoms with Gasteiger partial charge in [0, 0.05) is 12.6 Å². The van der Waals surface area contributed by atoms with Gasteiger partial charge in [0.2, 0.25) is 0 Å². The highest BCUT2D eigenvalue weighted by molar-refractivity contribution is 6.09. The molecule has 0 aromatic heterocycles. The van der Waals surface area contributed by atoms with Crippen LogP contribution in [0.2, 0.25) is 0 Å². The van der Waals surface area contributed by atoms with E-state index in [0.717, 1.165) is 17.7 Å². The zero-order valence-corrected chi connectivity index (χ0v) is 12.7. The topological polar surface area (TPSA) is 74.2 Å². The first-order valence-corrected chi connectivity index (χ1v) is 7.28. The van der Waals surface area contributed by atoms with E-state index >= 15 is 0 Å². The number of hydrogen-bond acceptors (Lipinski definition) is 6. The van der Waals surface area contributed by atoms with Crippen LogP contribution in [0.1, 0.15) is 19.4 Å². The van der Waals surface area contributed by atoms with Crippen molar-refractivity contribution in [1.82, 2.24) is 0 Å². The number of rotatable bonds is 6. The minimum atomic E-state index is -1.15. The smallest absolute Gasteiger partial charge is 0.325 e. The van der Waals surface area contributed by atoms with Crippen LogP contribution in [0.15, 0.2) is 23.2 Å². The molecule has 6 nitrogen and oxygen atoms in total. The van der Waals surface area contributed by atoms with Gasteiger partial charge >= 0.3 is 11.9 Å². The first-order chi connectivity index (χ1) is 10.7. The van der Waals surface area contributed by atoms with Crippen molar-refractivity contribution in [2.24, 2.45) is 10.9 Å². The first-order valence-electron chi connectivity index (χ1n) is 7.28. The average Bonchev–Trinajstić information content (AvgIpc) is 2.95. The summed E-state index contributed by atoms with van der Waals surface area (Å²) in [6, 6.07) is 5.49. The SMILES string of the molecule is CCOC(=O)C(C=Nc1ccc2c(c1)CCO2)C(=O)OCC. The maximum absolute atomic E-state index is 11.8. The molecule has 0 saturated carbocycles. The Bertz CT molecular complexity index is 564. The number of ether oxygens (including phenoxy) is 3. The van der Waals surface area contributed by atoms with E-state index in [1.54, 1.807) is 19.9 Å². The normalized spacial score (nSPS) is 13.0. The summed E-state index contributed by atoms with van der Waals surface area (Å²) >= 11 is 0. The molecule has 0 amide bonds. The molecular formula is C16H19NO5. The second-order valence-corrected chi connectivity index (χ2v) is 4.65. The number of esters is 2. The van der Waals surface area contributed by atoms with Crippen LogP contribution in [0.3, 0.4) is 0 Å². The largest absolute Gasteiger partial charge is 0.493 e. The van der Waals surface area contributed by atoms with E-state index in [2.05, 4.69) is 4.99 Å². The molecule has 1 aromatic carbocycles. The molecule has 0 unspecified atom stereocenters. The zero-order chi connectivity index (χ0) is 15.9. The van der Waals surface area contributed by atoms with Crippen LogP contribution < -0.4 is 4.74 Å². The second-order valence-electron chi connectivity index (χ2n) is 4.65. The van der Waals surface area contributed by atoms with Gasteiger partial charge in [-0.05, 0) is 37.6 Å². The number of nitrogens with zero attached hydrogens (tertiary/aromatic N) is 1. The molecule has 0 saturated heterocycles. The Balaban J connectivity index is 2.14. The van der Waals surface area contributed by atoms with E-state index in [0.29, 0.717) is 12.3 Å². The molecule has 1 aliphatic heterocycles. The van der Waals surface area contributed by atoms with Crippen molar-refractivity contribution < 1.29 is 23.8 Å². The van der Waals surface area contributed by atoms with Gasteiger partial charge in [0.05, 0.1) is 25.5 Å². The molecule has 0 fully saturated rings. The first kappa shape index (κ1) is 16.0. The highest BCUT2D eigenvalue weighted by atomic mass is 16.6. The molecule has 22 heavy (non-hydrogen) atoms. The van der Waals surface area contributed by atoms with Gasteiger partial charge in [-0.25, -0.2) is 0 Å². The molecule has 0 N–H and O–H groups in total. The van der Waals surface area contributed by atoms with Crippen LogP contribution in [0.25, 0.3) is 0 Å². The van der Waals surface area contributed by atoms with Gasteiger partial charge in [0.15, 0.2) is 5.92 Å². The van der Waals surface area contributed by atoms with Gasteiger partial charge < -0.3 is 14.2 Å². The monoisotopic (exact) mass is 305 g/mol. The summed E-state index contributed by atoms with van der Waals surface area (Å²) < 4.78 is 15.2. The minimum Gasteiger partial charge on any atom is -0.493 e. The number of aliphatic imine (C=N–C) groups is 1. The van der Waals surface area contributed by atoms with Crippen molar-refractivity contribution in [1.29, 1.82) is 0 Å². The quantitative estimate of drug-likeness (QED) is 0.457. The fraction of sp³-hybridized carbons (Fsp3) is 0.438. The molecule has 2 rings (SSSR count). The van der Waals surface area contributed by atoms with E-state index < -0.39 is 17.9 Å². The van der Waals surface area contributed by atoms with Crippen molar-refractivity contribution in [2.45, 2.75) is 20.3 Å². The Morgan fingerprint density at radius 1 is 1.27 bits per heavy atom. The van der Waals surface area contributed by atoms with E-state index in [-0.39, 0.29) is 13.2 Å². The summed E-state index contributed by atoms with van der Waals surface area (Å²) in [5.41, 5.74) is 1.72. The summed E-state index contributed by atoms with van der Waals surface area (Å²) in [6.07, 6.45) is 2.10. The molecule has 1 aromatic rings. The van der Waals surface area contributed by atoms with Gasteiger partial charge in [0.1, 0.15) is 5.75 Å². The minimum absolute atomic E-state index is 0.193. The Morgan fingerprint density at radius 2 is 1.95 bits per heavy atom. The fourth-order valence-corrected chi connectivity index (χ4v) is 2.10. The van der Waals surface area contributed by atoms with E-state index in [1.165, 1.54) is 6.21 Å². The maximum Gasteiger partial charge on any atom is 0.325 e. The molecule has 1 aliphatic rings. The number of benzene rings is 1. The number of hydrogen-bond donors (Lipinski definition) is 0. The summed E-state index contributed by atoms with van der Waals surface area (Å²) in [7, 11) is 0. The maximum atomic E-state index is 11.8. The fourth-order valence-electron chi connectivity index (χ4n) is 2.10. The van der Waals surface area contributed by atoms with Crippen molar-refractivity contribution >= 4 is 23.8 Å². The molecule has 0 bridgehead atoms. The van der Waals surface area contributed by atoms with Crippen LogP contribution in [-0.4, -0.2) is 38.0 Å². The van der Waals surface area contributed by atoms with E-state index in [9.17, 15) is 9.59 Å². The molecular weight excluding hydrogens is 286 g/mol. The predicted octanol–water partition coefficient (Wildman–Crippen LogP) is 2.07. The molecule has 1 heterocycles. The summed E-state index contributed by atoms with van der Waals surface area (Å²) in [4.78, 5) is 27.9. The van der Waals surface area contributed by atoms with Crippen molar-refractivity contribution in [3.05, 3.63) is 23.8 Å². The second kappa shape index (κ2) is 7.59. The van der Waals surface area contributed by atoms with Crippen LogP contribution in [0, 0.1) is 5.92 Å². The van der Waals surface area contributed by atoms with Crippen LogP contribution >= 0.6 is 0 Å². The number of fused-ring (bicyclic) bond motifs is 1. The Hall–Kier alpha value is -2.37. The lowest BCUT2D eigenvalue weighted by atomic mass is 10.1. The van der Waals surface area contributed by atoms with Crippen LogP contribution in [0.5, 0.6) is 5.75 Å². The van der Waals surface area contributed by atoms with E-state index in [4.69, 9.17) is 14.2 Å². The van der Waals surface area contributed by atoms with Crippen LogP contribution in [-0.2, 0) is 25.5 Å². The third kappa shape index (κ3) is 3.84. The summed E-state index contributed by atoms with van der Waals surface area (Å²) in [5.74, 6) is -1.61.